The van der Waals surface area contributed by atoms with Crippen molar-refractivity contribution in [1.82, 2.24) is 9.88 Å². The first-order chi connectivity index (χ1) is 13.4. The van der Waals surface area contributed by atoms with Crippen LogP contribution in [0.3, 0.4) is 0 Å². The quantitative estimate of drug-likeness (QED) is 0.737. The molecule has 2 heterocycles. The van der Waals surface area contributed by atoms with Crippen molar-refractivity contribution in [3.8, 4) is 0 Å². The zero-order valence-electron chi connectivity index (χ0n) is 16.4. The number of ether oxygens (including phenoxy) is 1. The van der Waals surface area contributed by atoms with Crippen molar-refractivity contribution in [2.75, 3.05) is 6.54 Å². The number of allylic oxidation sites excluding steroid dienone is 1. The molecule has 1 aliphatic rings. The second-order valence-electron chi connectivity index (χ2n) is 7.65. The Hall–Kier alpha value is -2.95. The van der Waals surface area contributed by atoms with Crippen molar-refractivity contribution in [1.29, 1.82) is 0 Å². The molecular formula is C23H26N2O3. The number of carbonyl (C=O) groups is 2. The predicted octanol–water partition coefficient (Wildman–Crippen LogP) is 3.69. The van der Waals surface area contributed by atoms with Crippen molar-refractivity contribution < 1.29 is 14.3 Å². The van der Waals surface area contributed by atoms with Crippen LogP contribution in [0.4, 0.5) is 0 Å². The molecule has 1 amide bonds. The number of aromatic nitrogens is 1. The van der Waals surface area contributed by atoms with Gasteiger partial charge in [-0.25, -0.2) is 0 Å². The van der Waals surface area contributed by atoms with Crippen LogP contribution in [0.25, 0.3) is 0 Å². The molecule has 0 radical (unpaired) electrons. The summed E-state index contributed by atoms with van der Waals surface area (Å²) in [4.78, 5) is 31.2. The van der Waals surface area contributed by atoms with Gasteiger partial charge in [-0.2, -0.15) is 0 Å². The summed E-state index contributed by atoms with van der Waals surface area (Å²) in [6.07, 6.45) is 5.00. The molecule has 0 atom stereocenters. The fraction of sp³-hybridized carbons (Fsp3) is 0.348. The molecule has 1 aromatic carbocycles. The highest BCUT2D eigenvalue weighted by atomic mass is 16.5. The van der Waals surface area contributed by atoms with Crippen LogP contribution in [0.1, 0.15) is 37.9 Å². The topological polar surface area (TPSA) is 59.5 Å². The Kier molecular flexibility index (Phi) is 6.24. The van der Waals surface area contributed by atoms with Gasteiger partial charge in [-0.05, 0) is 44.4 Å². The summed E-state index contributed by atoms with van der Waals surface area (Å²) in [7, 11) is 0. The van der Waals surface area contributed by atoms with Crippen LogP contribution in [0.5, 0.6) is 0 Å². The predicted molar refractivity (Wildman–Crippen MR) is 107 cm³/mol. The Morgan fingerprint density at radius 1 is 1.14 bits per heavy atom. The van der Waals surface area contributed by atoms with Crippen LogP contribution >= 0.6 is 0 Å². The van der Waals surface area contributed by atoms with E-state index >= 15 is 0 Å². The molecule has 2 aromatic rings. The van der Waals surface area contributed by atoms with Crippen LogP contribution < -0.4 is 0 Å². The second-order valence-corrected chi connectivity index (χ2v) is 7.65. The van der Waals surface area contributed by atoms with E-state index in [1.807, 2.05) is 50.2 Å². The molecule has 0 N–H and O–H groups in total. The van der Waals surface area contributed by atoms with E-state index in [4.69, 9.17) is 4.74 Å². The monoisotopic (exact) mass is 378 g/mol. The number of rotatable bonds is 7. The standard InChI is InChI=1S/C23H26N2O3/c1-23(2)16-20(26)15-21(28-23)22(27)25(17-19-12-6-7-13-24-19)14-8-11-18-9-4-3-5-10-18/h3-7,9-10,12-13,15H,8,11,14,16-17H2,1-2H3. The highest BCUT2D eigenvalue weighted by Crippen LogP contribution is 2.26. The largest absolute Gasteiger partial charge is 0.481 e. The maximum atomic E-state index is 13.1. The number of hydrogen-bond acceptors (Lipinski definition) is 4. The molecule has 5 heteroatoms. The lowest BCUT2D eigenvalue weighted by Gasteiger charge is -2.32. The Balaban J connectivity index is 1.73. The first kappa shape index (κ1) is 19.8. The highest BCUT2D eigenvalue weighted by molar-refractivity contribution is 6.01. The van der Waals surface area contributed by atoms with Gasteiger partial charge in [0.1, 0.15) is 5.60 Å². The molecule has 3 rings (SSSR count). The lowest BCUT2D eigenvalue weighted by Crippen LogP contribution is -2.39. The third kappa shape index (κ3) is 5.52. The SMILES string of the molecule is CC1(C)CC(=O)C=C(C(=O)N(CCCc2ccccc2)Cc2ccccn2)O1. The van der Waals surface area contributed by atoms with Gasteiger partial charge < -0.3 is 9.64 Å². The van der Waals surface area contributed by atoms with Gasteiger partial charge in [-0.1, -0.05) is 36.4 Å². The number of ketones is 1. The first-order valence-electron chi connectivity index (χ1n) is 9.60. The molecule has 0 aliphatic carbocycles. The van der Waals surface area contributed by atoms with Gasteiger partial charge >= 0.3 is 0 Å². The molecule has 28 heavy (non-hydrogen) atoms. The van der Waals surface area contributed by atoms with Crippen LogP contribution in [-0.4, -0.2) is 33.7 Å². The molecule has 5 nitrogen and oxygen atoms in total. The molecule has 0 spiro atoms. The van der Waals surface area contributed by atoms with Crippen molar-refractivity contribution in [3.63, 3.8) is 0 Å². The average molecular weight is 378 g/mol. The second kappa shape index (κ2) is 8.83. The number of hydrogen-bond donors (Lipinski definition) is 0. The molecular weight excluding hydrogens is 352 g/mol. The van der Waals surface area contributed by atoms with Gasteiger partial charge in [-0.15, -0.1) is 0 Å². The van der Waals surface area contributed by atoms with E-state index < -0.39 is 5.60 Å². The Morgan fingerprint density at radius 3 is 2.57 bits per heavy atom. The van der Waals surface area contributed by atoms with E-state index in [9.17, 15) is 9.59 Å². The summed E-state index contributed by atoms with van der Waals surface area (Å²) in [6, 6.07) is 15.8. The van der Waals surface area contributed by atoms with Crippen LogP contribution in [0.15, 0.2) is 66.6 Å². The van der Waals surface area contributed by atoms with Gasteiger partial charge in [0, 0.05) is 25.2 Å². The average Bonchev–Trinajstić information content (AvgIpc) is 2.67. The third-order valence-corrected chi connectivity index (χ3v) is 4.59. The van der Waals surface area contributed by atoms with E-state index in [0.29, 0.717) is 13.1 Å². The number of aryl methyl sites for hydroxylation is 1. The summed E-state index contributed by atoms with van der Waals surface area (Å²) in [5.41, 5.74) is 1.37. The molecule has 0 unspecified atom stereocenters. The minimum absolute atomic E-state index is 0.0818. The van der Waals surface area contributed by atoms with Crippen LogP contribution in [0.2, 0.25) is 0 Å². The molecule has 1 aromatic heterocycles. The van der Waals surface area contributed by atoms with Crippen LogP contribution in [0, 0.1) is 0 Å². The maximum absolute atomic E-state index is 13.1. The van der Waals surface area contributed by atoms with Crippen molar-refractivity contribution >= 4 is 11.7 Å². The molecule has 0 saturated heterocycles. The van der Waals surface area contributed by atoms with Crippen molar-refractivity contribution in [3.05, 3.63) is 77.8 Å². The van der Waals surface area contributed by atoms with Gasteiger partial charge in [0.05, 0.1) is 12.2 Å². The number of pyridine rings is 1. The lowest BCUT2D eigenvalue weighted by atomic mass is 9.98. The summed E-state index contributed by atoms with van der Waals surface area (Å²) >= 11 is 0. The zero-order chi connectivity index (χ0) is 20.0. The van der Waals surface area contributed by atoms with E-state index in [1.54, 1.807) is 11.1 Å². The zero-order valence-corrected chi connectivity index (χ0v) is 16.4. The smallest absolute Gasteiger partial charge is 0.289 e. The molecule has 1 aliphatic heterocycles. The summed E-state index contributed by atoms with van der Waals surface area (Å²) in [6.45, 7) is 4.58. The fourth-order valence-corrected chi connectivity index (χ4v) is 3.30. The number of carbonyl (C=O) groups excluding carboxylic acids is 2. The van der Waals surface area contributed by atoms with E-state index in [0.717, 1.165) is 18.5 Å². The number of amides is 1. The maximum Gasteiger partial charge on any atom is 0.289 e. The van der Waals surface area contributed by atoms with Gasteiger partial charge in [0.25, 0.3) is 5.91 Å². The lowest BCUT2D eigenvalue weighted by molar-refractivity contribution is -0.138. The Morgan fingerprint density at radius 2 is 1.89 bits per heavy atom. The number of nitrogens with zero attached hydrogens (tertiary/aromatic N) is 2. The first-order valence-corrected chi connectivity index (χ1v) is 9.60. The highest BCUT2D eigenvalue weighted by Gasteiger charge is 2.33. The van der Waals surface area contributed by atoms with Gasteiger partial charge in [0.15, 0.2) is 11.5 Å². The van der Waals surface area contributed by atoms with Crippen molar-refractivity contribution in [2.45, 2.75) is 45.3 Å². The van der Waals surface area contributed by atoms with E-state index in [2.05, 4.69) is 17.1 Å². The van der Waals surface area contributed by atoms with E-state index in [-0.39, 0.29) is 23.9 Å². The van der Waals surface area contributed by atoms with Gasteiger partial charge in [0.2, 0.25) is 0 Å². The Labute approximate surface area is 166 Å². The molecule has 0 saturated carbocycles. The minimum Gasteiger partial charge on any atom is -0.481 e. The van der Waals surface area contributed by atoms with Crippen molar-refractivity contribution in [2.24, 2.45) is 0 Å². The summed E-state index contributed by atoms with van der Waals surface area (Å²) < 4.78 is 5.82. The normalized spacial score (nSPS) is 15.5. The minimum atomic E-state index is -0.669. The summed E-state index contributed by atoms with van der Waals surface area (Å²) in [5.74, 6) is -0.224. The van der Waals surface area contributed by atoms with E-state index in [1.165, 1.54) is 11.6 Å². The number of benzene rings is 1. The van der Waals surface area contributed by atoms with Crippen LogP contribution in [-0.2, 0) is 27.3 Å². The Bertz CT molecular complexity index is 845. The molecule has 146 valence electrons. The summed E-state index contributed by atoms with van der Waals surface area (Å²) in [5, 5.41) is 0. The van der Waals surface area contributed by atoms with Gasteiger partial charge in [-0.3, -0.25) is 14.6 Å². The fourth-order valence-electron chi connectivity index (χ4n) is 3.30. The third-order valence-electron chi connectivity index (χ3n) is 4.59. The molecule has 0 bridgehead atoms. The molecule has 0 fully saturated rings.